The summed E-state index contributed by atoms with van der Waals surface area (Å²) in [4.78, 5) is 12.9. The van der Waals surface area contributed by atoms with Gasteiger partial charge in [-0.05, 0) is 60.0 Å². The third-order valence-corrected chi connectivity index (χ3v) is 6.00. The van der Waals surface area contributed by atoms with Crippen LogP contribution in [0.4, 0.5) is 11.4 Å². The second kappa shape index (κ2) is 9.00. The average molecular weight is 425 g/mol. The number of nitrogens with one attached hydrogen (secondary N) is 2. The largest absolute Gasteiger partial charge is 0.497 e. The van der Waals surface area contributed by atoms with E-state index in [-0.39, 0.29) is 16.1 Å². The smallest absolute Gasteiger partial charge is 0.261 e. The maximum atomic E-state index is 12.8. The molecule has 0 spiro atoms. The highest BCUT2D eigenvalue weighted by molar-refractivity contribution is 7.92. The molecule has 2 N–H and O–H groups in total. The van der Waals surface area contributed by atoms with Gasteiger partial charge in [-0.25, -0.2) is 8.42 Å². The number of sulfonamides is 1. The van der Waals surface area contributed by atoms with Gasteiger partial charge in [0, 0.05) is 5.69 Å². The van der Waals surface area contributed by atoms with Gasteiger partial charge in [0.2, 0.25) is 0 Å². The zero-order valence-corrected chi connectivity index (χ0v) is 17.9. The molecular formula is C23H24N2O4S. The molecule has 0 saturated heterocycles. The fraction of sp³-hybridized carbons (Fsp3) is 0.174. The van der Waals surface area contributed by atoms with Crippen molar-refractivity contribution in [2.75, 3.05) is 17.1 Å². The number of rotatable bonds is 7. The predicted octanol–water partition coefficient (Wildman–Crippen LogP) is 4.87. The quantitative estimate of drug-likeness (QED) is 0.567. The topological polar surface area (TPSA) is 84.5 Å². The van der Waals surface area contributed by atoms with Crippen LogP contribution in [0.25, 0.3) is 0 Å². The van der Waals surface area contributed by atoms with Crippen molar-refractivity contribution in [2.45, 2.75) is 24.7 Å². The van der Waals surface area contributed by atoms with Crippen molar-refractivity contribution in [3.8, 4) is 5.75 Å². The van der Waals surface area contributed by atoms with E-state index >= 15 is 0 Å². The zero-order valence-electron chi connectivity index (χ0n) is 17.0. The number of anilines is 2. The van der Waals surface area contributed by atoms with Crippen LogP contribution in [0.3, 0.4) is 0 Å². The summed E-state index contributed by atoms with van der Waals surface area (Å²) >= 11 is 0. The van der Waals surface area contributed by atoms with Gasteiger partial charge in [-0.15, -0.1) is 0 Å². The standard InChI is InChI=1S/C23H24N2O4S/c1-16(2)17-8-14-20(15-9-17)30(27,28)25-22-7-5-4-6-21(22)23(26)24-18-10-12-19(29-3)13-11-18/h4-16,25H,1-3H3,(H,24,26). The highest BCUT2D eigenvalue weighted by atomic mass is 32.2. The van der Waals surface area contributed by atoms with E-state index in [1.54, 1.807) is 79.9 Å². The van der Waals surface area contributed by atoms with E-state index in [0.29, 0.717) is 17.4 Å². The van der Waals surface area contributed by atoms with E-state index < -0.39 is 15.9 Å². The summed E-state index contributed by atoms with van der Waals surface area (Å²) in [7, 11) is -2.28. The van der Waals surface area contributed by atoms with Crippen LogP contribution in [-0.4, -0.2) is 21.4 Å². The normalized spacial score (nSPS) is 11.2. The highest BCUT2D eigenvalue weighted by Gasteiger charge is 2.19. The molecule has 0 bridgehead atoms. The summed E-state index contributed by atoms with van der Waals surface area (Å²) in [6, 6.07) is 20.1. The van der Waals surface area contributed by atoms with Crippen LogP contribution in [0.15, 0.2) is 77.7 Å². The predicted molar refractivity (Wildman–Crippen MR) is 119 cm³/mol. The number of ether oxygens (including phenoxy) is 1. The molecule has 3 aromatic carbocycles. The molecule has 6 nitrogen and oxygen atoms in total. The number of amides is 1. The van der Waals surface area contributed by atoms with Crippen LogP contribution >= 0.6 is 0 Å². The van der Waals surface area contributed by atoms with Gasteiger partial charge in [0.25, 0.3) is 15.9 Å². The molecule has 0 fully saturated rings. The minimum Gasteiger partial charge on any atom is -0.497 e. The van der Waals surface area contributed by atoms with Crippen LogP contribution in [0.5, 0.6) is 5.75 Å². The zero-order chi connectivity index (χ0) is 21.7. The van der Waals surface area contributed by atoms with Crippen molar-refractivity contribution < 1.29 is 17.9 Å². The summed E-state index contributed by atoms with van der Waals surface area (Å²) in [6.07, 6.45) is 0. The summed E-state index contributed by atoms with van der Waals surface area (Å²) in [5.74, 6) is 0.551. The Bertz CT molecular complexity index is 1120. The molecule has 0 aliphatic heterocycles. The lowest BCUT2D eigenvalue weighted by Gasteiger charge is -2.14. The van der Waals surface area contributed by atoms with Gasteiger partial charge in [-0.3, -0.25) is 9.52 Å². The van der Waals surface area contributed by atoms with Gasteiger partial charge in [0.15, 0.2) is 0 Å². The molecule has 0 aliphatic rings. The van der Waals surface area contributed by atoms with Crippen molar-refractivity contribution >= 4 is 27.3 Å². The Hall–Kier alpha value is -3.32. The lowest BCUT2D eigenvalue weighted by Crippen LogP contribution is -2.18. The lowest BCUT2D eigenvalue weighted by atomic mass is 10.0. The van der Waals surface area contributed by atoms with Crippen molar-refractivity contribution in [1.29, 1.82) is 0 Å². The number of methoxy groups -OCH3 is 1. The van der Waals surface area contributed by atoms with Crippen LogP contribution in [-0.2, 0) is 10.0 Å². The maximum absolute atomic E-state index is 12.8. The highest BCUT2D eigenvalue weighted by Crippen LogP contribution is 2.23. The molecule has 0 atom stereocenters. The Balaban J connectivity index is 1.82. The molecule has 1 amide bonds. The van der Waals surface area contributed by atoms with Gasteiger partial charge in [-0.1, -0.05) is 38.1 Å². The van der Waals surface area contributed by atoms with Gasteiger partial charge in [0.1, 0.15) is 5.75 Å². The number of hydrogen-bond donors (Lipinski definition) is 2. The molecule has 0 radical (unpaired) electrons. The van der Waals surface area contributed by atoms with E-state index in [0.717, 1.165) is 5.56 Å². The maximum Gasteiger partial charge on any atom is 0.261 e. The Kier molecular flexibility index (Phi) is 6.42. The Labute approximate surface area is 177 Å². The first-order chi connectivity index (χ1) is 14.3. The first-order valence-electron chi connectivity index (χ1n) is 9.47. The van der Waals surface area contributed by atoms with Crippen LogP contribution < -0.4 is 14.8 Å². The molecule has 0 saturated carbocycles. The summed E-state index contributed by atoms with van der Waals surface area (Å²) < 4.78 is 33.3. The van der Waals surface area contributed by atoms with Gasteiger partial charge in [0.05, 0.1) is 23.3 Å². The van der Waals surface area contributed by atoms with Gasteiger partial charge < -0.3 is 10.1 Å². The van der Waals surface area contributed by atoms with E-state index in [2.05, 4.69) is 10.0 Å². The first-order valence-corrected chi connectivity index (χ1v) is 11.0. The molecule has 0 heterocycles. The van der Waals surface area contributed by atoms with Crippen molar-refractivity contribution in [3.63, 3.8) is 0 Å². The number of hydrogen-bond acceptors (Lipinski definition) is 4. The third-order valence-electron chi connectivity index (χ3n) is 4.62. The molecule has 156 valence electrons. The number of para-hydroxylation sites is 1. The van der Waals surface area contributed by atoms with E-state index in [9.17, 15) is 13.2 Å². The van der Waals surface area contributed by atoms with Crippen molar-refractivity contribution in [1.82, 2.24) is 0 Å². The molecule has 3 aromatic rings. The molecule has 7 heteroatoms. The summed E-state index contributed by atoms with van der Waals surface area (Å²) in [6.45, 7) is 4.08. The monoisotopic (exact) mass is 424 g/mol. The first kappa shape index (κ1) is 21.4. The minimum absolute atomic E-state index is 0.136. The summed E-state index contributed by atoms with van der Waals surface area (Å²) in [5.41, 5.74) is 2.04. The number of carbonyl (C=O) groups excluding carboxylic acids is 1. The van der Waals surface area contributed by atoms with E-state index in [1.165, 1.54) is 0 Å². The van der Waals surface area contributed by atoms with Crippen LogP contribution in [0.1, 0.15) is 35.7 Å². The van der Waals surface area contributed by atoms with Crippen LogP contribution in [0.2, 0.25) is 0 Å². The van der Waals surface area contributed by atoms with E-state index in [1.807, 2.05) is 13.8 Å². The van der Waals surface area contributed by atoms with Crippen molar-refractivity contribution in [3.05, 3.63) is 83.9 Å². The number of carbonyl (C=O) groups is 1. The van der Waals surface area contributed by atoms with Crippen LogP contribution in [0, 0.1) is 0 Å². The van der Waals surface area contributed by atoms with Crippen molar-refractivity contribution in [2.24, 2.45) is 0 Å². The fourth-order valence-electron chi connectivity index (χ4n) is 2.88. The molecular weight excluding hydrogens is 400 g/mol. The Morgan fingerprint density at radius 2 is 1.53 bits per heavy atom. The lowest BCUT2D eigenvalue weighted by molar-refractivity contribution is 0.102. The van der Waals surface area contributed by atoms with Gasteiger partial charge in [-0.2, -0.15) is 0 Å². The summed E-state index contributed by atoms with van der Waals surface area (Å²) in [5, 5.41) is 2.77. The second-order valence-corrected chi connectivity index (χ2v) is 8.74. The van der Waals surface area contributed by atoms with Gasteiger partial charge >= 0.3 is 0 Å². The molecule has 3 rings (SSSR count). The minimum atomic E-state index is -3.84. The number of benzene rings is 3. The fourth-order valence-corrected chi connectivity index (χ4v) is 3.96. The Morgan fingerprint density at radius 1 is 0.900 bits per heavy atom. The third kappa shape index (κ3) is 4.99. The average Bonchev–Trinajstić information content (AvgIpc) is 2.74. The molecule has 0 aliphatic carbocycles. The molecule has 0 unspecified atom stereocenters. The molecule has 30 heavy (non-hydrogen) atoms. The second-order valence-electron chi connectivity index (χ2n) is 7.06. The van der Waals surface area contributed by atoms with E-state index in [4.69, 9.17) is 4.74 Å². The molecule has 0 aromatic heterocycles. The SMILES string of the molecule is COc1ccc(NC(=O)c2ccccc2NS(=O)(=O)c2ccc(C(C)C)cc2)cc1. The Morgan fingerprint density at radius 3 is 2.13 bits per heavy atom.